The zero-order valence-electron chi connectivity index (χ0n) is 13.2. The minimum Gasteiger partial charge on any atom is -0.373 e. The predicted octanol–water partition coefficient (Wildman–Crippen LogP) is 2.51. The number of hydrogen-bond donors (Lipinski definition) is 1. The summed E-state index contributed by atoms with van der Waals surface area (Å²) < 4.78 is 5.86. The van der Waals surface area contributed by atoms with Crippen molar-refractivity contribution in [3.8, 4) is 0 Å². The van der Waals surface area contributed by atoms with Gasteiger partial charge in [-0.25, -0.2) is 0 Å². The standard InChI is InChI=1S/C16H32N2O/c1-13-5-7-16(8-6-13,11-17-4)12-18-9-14(2)19-15(3)10-18/h13-15,17H,5-12H2,1-4H3/t13?,14-,15+,16?. The van der Waals surface area contributed by atoms with Gasteiger partial charge in [-0.05, 0) is 45.1 Å². The monoisotopic (exact) mass is 268 g/mol. The molecule has 1 saturated heterocycles. The molecule has 2 fully saturated rings. The summed E-state index contributed by atoms with van der Waals surface area (Å²) in [7, 11) is 2.10. The zero-order valence-corrected chi connectivity index (χ0v) is 13.2. The Hall–Kier alpha value is -0.120. The van der Waals surface area contributed by atoms with Gasteiger partial charge in [0.05, 0.1) is 12.2 Å². The lowest BCUT2D eigenvalue weighted by atomic mass is 9.70. The van der Waals surface area contributed by atoms with Crippen LogP contribution in [0.25, 0.3) is 0 Å². The van der Waals surface area contributed by atoms with E-state index in [0.29, 0.717) is 17.6 Å². The van der Waals surface area contributed by atoms with Gasteiger partial charge in [0.2, 0.25) is 0 Å². The Balaban J connectivity index is 1.96. The number of nitrogens with zero attached hydrogens (tertiary/aromatic N) is 1. The van der Waals surface area contributed by atoms with Gasteiger partial charge in [0.15, 0.2) is 0 Å². The SMILES string of the molecule is CNCC1(CN2C[C@@H](C)O[C@@H](C)C2)CCC(C)CC1. The molecule has 1 saturated carbocycles. The maximum atomic E-state index is 5.86. The number of nitrogens with one attached hydrogen (secondary N) is 1. The maximum Gasteiger partial charge on any atom is 0.0678 e. The Labute approximate surface area is 119 Å². The van der Waals surface area contributed by atoms with Gasteiger partial charge in [-0.15, -0.1) is 0 Å². The first-order valence-electron chi connectivity index (χ1n) is 8.05. The van der Waals surface area contributed by atoms with Crippen LogP contribution in [0.2, 0.25) is 0 Å². The largest absolute Gasteiger partial charge is 0.373 e. The van der Waals surface area contributed by atoms with Crippen molar-refractivity contribution in [2.75, 3.05) is 33.2 Å². The van der Waals surface area contributed by atoms with Gasteiger partial charge < -0.3 is 10.1 Å². The minimum absolute atomic E-state index is 0.387. The van der Waals surface area contributed by atoms with Crippen LogP contribution in [0.3, 0.4) is 0 Å². The van der Waals surface area contributed by atoms with Crippen molar-refractivity contribution in [3.63, 3.8) is 0 Å². The summed E-state index contributed by atoms with van der Waals surface area (Å²) >= 11 is 0. The van der Waals surface area contributed by atoms with E-state index in [1.54, 1.807) is 0 Å². The molecule has 0 amide bonds. The summed E-state index contributed by atoms with van der Waals surface area (Å²) in [5, 5.41) is 3.45. The molecule has 1 aliphatic carbocycles. The molecule has 0 bridgehead atoms. The molecule has 0 aromatic rings. The molecule has 2 aliphatic rings. The lowest BCUT2D eigenvalue weighted by Crippen LogP contribution is -2.52. The van der Waals surface area contributed by atoms with Crippen molar-refractivity contribution in [2.24, 2.45) is 11.3 Å². The average molecular weight is 268 g/mol. The Morgan fingerprint density at radius 2 is 1.68 bits per heavy atom. The molecule has 3 heteroatoms. The quantitative estimate of drug-likeness (QED) is 0.848. The maximum absolute atomic E-state index is 5.86. The lowest BCUT2D eigenvalue weighted by molar-refractivity contribution is -0.0810. The van der Waals surface area contributed by atoms with Gasteiger partial charge in [0, 0.05) is 26.2 Å². The highest BCUT2D eigenvalue weighted by atomic mass is 16.5. The average Bonchev–Trinajstić information content (AvgIpc) is 2.32. The Morgan fingerprint density at radius 3 is 2.21 bits per heavy atom. The highest BCUT2D eigenvalue weighted by molar-refractivity contribution is 4.90. The first kappa shape index (κ1) is 15.3. The highest BCUT2D eigenvalue weighted by Gasteiger charge is 2.36. The molecule has 1 heterocycles. The predicted molar refractivity (Wildman–Crippen MR) is 80.4 cm³/mol. The smallest absolute Gasteiger partial charge is 0.0678 e. The van der Waals surface area contributed by atoms with Crippen molar-refractivity contribution in [2.45, 2.75) is 58.7 Å². The van der Waals surface area contributed by atoms with Crippen LogP contribution in [0, 0.1) is 11.3 Å². The molecule has 19 heavy (non-hydrogen) atoms. The molecule has 0 aromatic heterocycles. The normalized spacial score (nSPS) is 41.4. The summed E-state index contributed by atoms with van der Waals surface area (Å²) in [6.45, 7) is 11.4. The fourth-order valence-electron chi connectivity index (χ4n) is 4.03. The first-order valence-corrected chi connectivity index (χ1v) is 8.05. The van der Waals surface area contributed by atoms with E-state index in [2.05, 4.69) is 38.0 Å². The van der Waals surface area contributed by atoms with E-state index < -0.39 is 0 Å². The molecule has 0 aromatic carbocycles. The third-order valence-electron chi connectivity index (χ3n) is 4.94. The molecule has 3 nitrogen and oxygen atoms in total. The van der Waals surface area contributed by atoms with Crippen LogP contribution in [0.15, 0.2) is 0 Å². The number of ether oxygens (including phenoxy) is 1. The number of rotatable bonds is 4. The van der Waals surface area contributed by atoms with Gasteiger partial charge in [0.25, 0.3) is 0 Å². The molecule has 0 unspecified atom stereocenters. The third-order valence-corrected chi connectivity index (χ3v) is 4.94. The van der Waals surface area contributed by atoms with Crippen molar-refractivity contribution in [1.82, 2.24) is 10.2 Å². The topological polar surface area (TPSA) is 24.5 Å². The summed E-state index contributed by atoms with van der Waals surface area (Å²) in [6, 6.07) is 0. The second-order valence-corrected chi connectivity index (χ2v) is 7.16. The van der Waals surface area contributed by atoms with Crippen molar-refractivity contribution >= 4 is 0 Å². The van der Waals surface area contributed by atoms with Crippen LogP contribution in [0.4, 0.5) is 0 Å². The van der Waals surface area contributed by atoms with E-state index in [9.17, 15) is 0 Å². The second-order valence-electron chi connectivity index (χ2n) is 7.16. The molecule has 2 atom stereocenters. The fraction of sp³-hybridized carbons (Fsp3) is 1.00. The third kappa shape index (κ3) is 4.17. The molecular formula is C16H32N2O. The Bertz CT molecular complexity index is 264. The fourth-order valence-corrected chi connectivity index (χ4v) is 4.03. The second kappa shape index (κ2) is 6.55. The van der Waals surface area contributed by atoms with Gasteiger partial charge >= 0.3 is 0 Å². The first-order chi connectivity index (χ1) is 9.03. The summed E-state index contributed by atoms with van der Waals surface area (Å²) in [4.78, 5) is 2.64. The van der Waals surface area contributed by atoms with E-state index in [1.807, 2.05) is 0 Å². The molecule has 0 radical (unpaired) electrons. The molecule has 0 spiro atoms. The number of hydrogen-bond acceptors (Lipinski definition) is 3. The summed E-state index contributed by atoms with van der Waals surface area (Å²) in [5.41, 5.74) is 0.498. The van der Waals surface area contributed by atoms with E-state index in [4.69, 9.17) is 4.74 Å². The van der Waals surface area contributed by atoms with E-state index in [0.717, 1.165) is 19.0 Å². The zero-order chi connectivity index (χ0) is 13.9. The van der Waals surface area contributed by atoms with E-state index in [1.165, 1.54) is 38.8 Å². The van der Waals surface area contributed by atoms with E-state index >= 15 is 0 Å². The Kier molecular flexibility index (Phi) is 5.27. The van der Waals surface area contributed by atoms with Crippen LogP contribution in [0.1, 0.15) is 46.5 Å². The summed E-state index contributed by atoms with van der Waals surface area (Å²) in [6.07, 6.45) is 6.34. The van der Waals surface area contributed by atoms with Crippen molar-refractivity contribution in [3.05, 3.63) is 0 Å². The Morgan fingerprint density at radius 1 is 1.11 bits per heavy atom. The van der Waals surface area contributed by atoms with Gasteiger partial charge in [-0.3, -0.25) is 4.90 Å². The number of morpholine rings is 1. The van der Waals surface area contributed by atoms with Crippen molar-refractivity contribution < 1.29 is 4.74 Å². The van der Waals surface area contributed by atoms with Gasteiger partial charge in [-0.1, -0.05) is 19.8 Å². The van der Waals surface area contributed by atoms with Gasteiger partial charge in [0.1, 0.15) is 0 Å². The van der Waals surface area contributed by atoms with Crippen LogP contribution in [0.5, 0.6) is 0 Å². The van der Waals surface area contributed by atoms with Gasteiger partial charge in [-0.2, -0.15) is 0 Å². The van der Waals surface area contributed by atoms with Crippen molar-refractivity contribution in [1.29, 1.82) is 0 Å². The molecule has 112 valence electrons. The van der Waals surface area contributed by atoms with Crippen LogP contribution in [-0.4, -0.2) is 50.3 Å². The van der Waals surface area contributed by atoms with Crippen LogP contribution >= 0.6 is 0 Å². The molecule has 2 rings (SSSR count). The summed E-state index contributed by atoms with van der Waals surface area (Å²) in [5.74, 6) is 0.924. The van der Waals surface area contributed by atoms with Crippen LogP contribution < -0.4 is 5.32 Å². The molecular weight excluding hydrogens is 236 g/mol. The minimum atomic E-state index is 0.387. The lowest BCUT2D eigenvalue weighted by Gasteiger charge is -2.45. The van der Waals surface area contributed by atoms with Crippen LogP contribution in [-0.2, 0) is 4.74 Å². The molecule has 1 aliphatic heterocycles. The molecule has 1 N–H and O–H groups in total. The highest BCUT2D eigenvalue weighted by Crippen LogP contribution is 2.39. The van der Waals surface area contributed by atoms with E-state index in [-0.39, 0.29) is 0 Å².